The Morgan fingerprint density at radius 3 is 2.21 bits per heavy atom. The van der Waals surface area contributed by atoms with Crippen LogP contribution >= 0.6 is 0 Å². The third-order valence-corrected chi connectivity index (χ3v) is 2.19. The normalized spacial score (nSPS) is 12.4. The minimum Gasteiger partial charge on any atom is -0.0785 e. The molecule has 0 spiro atoms. The molecule has 0 N–H and O–H groups in total. The molecule has 0 atom stereocenters. The van der Waals surface area contributed by atoms with Crippen LogP contribution in [-0.2, 0) is 0 Å². The summed E-state index contributed by atoms with van der Waals surface area (Å²) >= 11 is 0. The van der Waals surface area contributed by atoms with Crippen LogP contribution in [-0.4, -0.2) is 0 Å². The number of hydrogen-bond acceptors (Lipinski definition) is 0. The maximum absolute atomic E-state index is 2.25. The fourth-order valence-corrected chi connectivity index (χ4v) is 1.35. The minimum absolute atomic E-state index is 0.261. The van der Waals surface area contributed by atoms with Crippen LogP contribution in [0.1, 0.15) is 37.5 Å². The number of aryl methyl sites for hydroxylation is 2. The topological polar surface area (TPSA) is 0 Å². The third kappa shape index (κ3) is 3.37. The van der Waals surface area contributed by atoms with Crippen molar-refractivity contribution in [3.63, 3.8) is 0 Å². The van der Waals surface area contributed by atoms with Crippen LogP contribution < -0.4 is 0 Å². The van der Waals surface area contributed by atoms with Gasteiger partial charge in [0.15, 0.2) is 0 Å². The van der Waals surface area contributed by atoms with Crippen LogP contribution in [0.3, 0.4) is 0 Å². The fourth-order valence-electron chi connectivity index (χ4n) is 1.35. The standard InChI is InChI=1S/C14H20/c1-11-6-7-13(12(2)10-11)8-9-14(3,4)5/h6-10H,1-5H3. The van der Waals surface area contributed by atoms with Crippen LogP contribution in [0.25, 0.3) is 6.08 Å². The molecule has 0 saturated heterocycles. The monoisotopic (exact) mass is 188 g/mol. The van der Waals surface area contributed by atoms with E-state index in [-0.39, 0.29) is 5.41 Å². The molecular weight excluding hydrogens is 168 g/mol. The molecule has 0 unspecified atom stereocenters. The van der Waals surface area contributed by atoms with E-state index in [0.29, 0.717) is 0 Å². The molecule has 76 valence electrons. The van der Waals surface area contributed by atoms with Gasteiger partial charge in [-0.1, -0.05) is 56.7 Å². The van der Waals surface area contributed by atoms with E-state index in [1.54, 1.807) is 0 Å². The van der Waals surface area contributed by atoms with E-state index in [9.17, 15) is 0 Å². The van der Waals surface area contributed by atoms with E-state index in [1.807, 2.05) is 0 Å². The first-order valence-corrected chi connectivity index (χ1v) is 5.15. The van der Waals surface area contributed by atoms with Crippen molar-refractivity contribution in [3.05, 3.63) is 41.0 Å². The highest BCUT2D eigenvalue weighted by Gasteiger charge is 2.03. The molecule has 0 saturated carbocycles. The molecule has 1 aromatic carbocycles. The Balaban J connectivity index is 2.93. The first-order valence-electron chi connectivity index (χ1n) is 5.15. The zero-order valence-corrected chi connectivity index (χ0v) is 9.89. The molecule has 0 aliphatic carbocycles. The Labute approximate surface area is 87.7 Å². The van der Waals surface area contributed by atoms with E-state index in [1.165, 1.54) is 16.7 Å². The smallest absolute Gasteiger partial charge is 0.0200 e. The molecule has 0 amide bonds. The van der Waals surface area contributed by atoms with Crippen LogP contribution in [0.4, 0.5) is 0 Å². The van der Waals surface area contributed by atoms with Crippen LogP contribution in [0, 0.1) is 19.3 Å². The lowest BCUT2D eigenvalue weighted by molar-refractivity contribution is 0.547. The summed E-state index contributed by atoms with van der Waals surface area (Å²) in [7, 11) is 0. The molecule has 0 heterocycles. The summed E-state index contributed by atoms with van der Waals surface area (Å²) < 4.78 is 0. The van der Waals surface area contributed by atoms with Gasteiger partial charge >= 0.3 is 0 Å². The lowest BCUT2D eigenvalue weighted by Crippen LogP contribution is -1.98. The first-order chi connectivity index (χ1) is 6.38. The second kappa shape index (κ2) is 4.00. The Hall–Kier alpha value is -1.04. The summed E-state index contributed by atoms with van der Waals surface area (Å²) in [6.45, 7) is 10.9. The molecule has 0 nitrogen and oxygen atoms in total. The quantitative estimate of drug-likeness (QED) is 0.614. The highest BCUT2D eigenvalue weighted by atomic mass is 14.1. The Morgan fingerprint density at radius 2 is 1.71 bits per heavy atom. The number of hydrogen-bond donors (Lipinski definition) is 0. The molecule has 0 aliphatic heterocycles. The van der Waals surface area contributed by atoms with Gasteiger partial charge in [-0.2, -0.15) is 0 Å². The van der Waals surface area contributed by atoms with Gasteiger partial charge in [-0.05, 0) is 30.4 Å². The molecule has 0 aliphatic rings. The van der Waals surface area contributed by atoms with Crippen LogP contribution in [0.2, 0.25) is 0 Å². The van der Waals surface area contributed by atoms with Crippen molar-refractivity contribution >= 4 is 6.08 Å². The molecule has 1 rings (SSSR count). The Bertz CT molecular complexity index is 338. The maximum atomic E-state index is 2.25. The minimum atomic E-state index is 0.261. The first kappa shape index (κ1) is 11.0. The lowest BCUT2D eigenvalue weighted by Gasteiger charge is -2.11. The summed E-state index contributed by atoms with van der Waals surface area (Å²) in [5.41, 5.74) is 4.27. The van der Waals surface area contributed by atoms with Crippen molar-refractivity contribution in [3.8, 4) is 0 Å². The molecule has 0 aromatic heterocycles. The van der Waals surface area contributed by atoms with Crippen molar-refractivity contribution in [1.29, 1.82) is 0 Å². The van der Waals surface area contributed by atoms with Gasteiger partial charge in [0.1, 0.15) is 0 Å². The summed E-state index contributed by atoms with van der Waals surface area (Å²) in [5, 5.41) is 0. The van der Waals surface area contributed by atoms with Gasteiger partial charge in [0.2, 0.25) is 0 Å². The van der Waals surface area contributed by atoms with Gasteiger partial charge in [0, 0.05) is 0 Å². The van der Waals surface area contributed by atoms with Crippen molar-refractivity contribution in [2.75, 3.05) is 0 Å². The second-order valence-electron chi connectivity index (χ2n) is 5.06. The largest absolute Gasteiger partial charge is 0.0785 e. The van der Waals surface area contributed by atoms with Gasteiger partial charge in [0.05, 0.1) is 0 Å². The highest BCUT2D eigenvalue weighted by molar-refractivity contribution is 5.54. The molecule has 0 heteroatoms. The molecule has 0 radical (unpaired) electrons. The molecular formula is C14H20. The zero-order chi connectivity index (χ0) is 10.8. The Kier molecular flexibility index (Phi) is 3.15. The lowest BCUT2D eigenvalue weighted by atomic mass is 9.94. The van der Waals surface area contributed by atoms with E-state index in [0.717, 1.165) is 0 Å². The molecule has 0 bridgehead atoms. The van der Waals surface area contributed by atoms with Crippen LogP contribution in [0.15, 0.2) is 24.3 Å². The third-order valence-electron chi connectivity index (χ3n) is 2.19. The van der Waals surface area contributed by atoms with Crippen molar-refractivity contribution in [1.82, 2.24) is 0 Å². The van der Waals surface area contributed by atoms with Gasteiger partial charge < -0.3 is 0 Å². The number of benzene rings is 1. The average Bonchev–Trinajstić information content (AvgIpc) is 2.00. The van der Waals surface area contributed by atoms with Crippen molar-refractivity contribution in [2.24, 2.45) is 5.41 Å². The van der Waals surface area contributed by atoms with Crippen molar-refractivity contribution in [2.45, 2.75) is 34.6 Å². The van der Waals surface area contributed by atoms with Gasteiger partial charge in [-0.25, -0.2) is 0 Å². The predicted molar refractivity (Wildman–Crippen MR) is 64.4 cm³/mol. The maximum Gasteiger partial charge on any atom is -0.0200 e. The fraction of sp³-hybridized carbons (Fsp3) is 0.429. The van der Waals surface area contributed by atoms with E-state index in [4.69, 9.17) is 0 Å². The highest BCUT2D eigenvalue weighted by Crippen LogP contribution is 2.19. The SMILES string of the molecule is Cc1ccc(C=CC(C)(C)C)c(C)c1. The number of allylic oxidation sites excluding steroid dienone is 1. The summed E-state index contributed by atoms with van der Waals surface area (Å²) in [5.74, 6) is 0. The van der Waals surface area contributed by atoms with E-state index < -0.39 is 0 Å². The van der Waals surface area contributed by atoms with E-state index >= 15 is 0 Å². The van der Waals surface area contributed by atoms with Gasteiger partial charge in [-0.15, -0.1) is 0 Å². The summed E-state index contributed by atoms with van der Waals surface area (Å²) in [6, 6.07) is 6.57. The zero-order valence-electron chi connectivity index (χ0n) is 9.89. The van der Waals surface area contributed by atoms with Crippen LogP contribution in [0.5, 0.6) is 0 Å². The molecule has 1 aromatic rings. The van der Waals surface area contributed by atoms with Gasteiger partial charge in [0.25, 0.3) is 0 Å². The Morgan fingerprint density at radius 1 is 1.07 bits per heavy atom. The second-order valence-corrected chi connectivity index (χ2v) is 5.06. The van der Waals surface area contributed by atoms with Crippen molar-refractivity contribution < 1.29 is 0 Å². The van der Waals surface area contributed by atoms with E-state index in [2.05, 4.69) is 65.0 Å². The van der Waals surface area contributed by atoms with Gasteiger partial charge in [-0.3, -0.25) is 0 Å². The average molecular weight is 188 g/mol. The number of rotatable bonds is 1. The molecule has 0 fully saturated rings. The summed E-state index contributed by atoms with van der Waals surface area (Å²) in [4.78, 5) is 0. The molecule has 14 heavy (non-hydrogen) atoms. The predicted octanol–water partition coefficient (Wildman–Crippen LogP) is 4.36. The summed E-state index contributed by atoms with van der Waals surface area (Å²) in [6.07, 6.45) is 4.47.